The van der Waals surface area contributed by atoms with Crippen molar-refractivity contribution in [3.05, 3.63) is 121 Å². The van der Waals surface area contributed by atoms with Crippen LogP contribution in [0.25, 0.3) is 76.1 Å². The maximum Gasteiger partial charge on any atom is 0.123 e. The minimum atomic E-state index is -0.226. The predicted molar refractivity (Wildman–Crippen MR) is 234 cm³/mol. The number of unbranched alkanes of at least 4 members (excludes halogenated alkanes) is 6. The van der Waals surface area contributed by atoms with E-state index in [0.717, 1.165) is 81.2 Å². The summed E-state index contributed by atoms with van der Waals surface area (Å²) in [6, 6.07) is 38.7. The van der Waals surface area contributed by atoms with Gasteiger partial charge in [0.25, 0.3) is 0 Å². The van der Waals surface area contributed by atoms with Gasteiger partial charge < -0.3 is 9.47 Å². The average Bonchev–Trinajstić information content (AvgIpc) is 3.19. The molecule has 0 saturated carbocycles. The van der Waals surface area contributed by atoms with Crippen molar-refractivity contribution in [3.63, 3.8) is 0 Å². The van der Waals surface area contributed by atoms with Crippen LogP contribution in [0.4, 0.5) is 4.39 Å². The first-order chi connectivity index (χ1) is 26.7. The van der Waals surface area contributed by atoms with Crippen molar-refractivity contribution in [3.8, 4) is 33.8 Å². The summed E-state index contributed by atoms with van der Waals surface area (Å²) in [7, 11) is 0. The monoisotopic (exact) mass is 728 g/mol. The molecule has 0 aliphatic rings. The van der Waals surface area contributed by atoms with E-state index in [0.29, 0.717) is 0 Å². The average molecular weight is 729 g/mol. The Morgan fingerprint density at radius 2 is 1.00 bits per heavy atom. The van der Waals surface area contributed by atoms with Crippen molar-refractivity contribution in [1.82, 2.24) is 0 Å². The Kier molecular flexibility index (Phi) is 10.4. The van der Waals surface area contributed by atoms with Gasteiger partial charge in [0.2, 0.25) is 0 Å². The molecule has 2 nitrogen and oxygen atoms in total. The van der Waals surface area contributed by atoms with Crippen LogP contribution in [-0.4, -0.2) is 13.2 Å². The second kappa shape index (κ2) is 15.5. The van der Waals surface area contributed by atoms with E-state index in [9.17, 15) is 0 Å². The zero-order chi connectivity index (χ0) is 38.1. The first-order valence-corrected chi connectivity index (χ1v) is 20.5. The molecule has 8 aromatic rings. The second-order valence-electron chi connectivity index (χ2n) is 16.5. The van der Waals surface area contributed by atoms with E-state index in [1.807, 2.05) is 6.07 Å². The van der Waals surface area contributed by atoms with E-state index in [4.69, 9.17) is 9.47 Å². The van der Waals surface area contributed by atoms with Crippen LogP contribution >= 0.6 is 0 Å². The quantitative estimate of drug-likeness (QED) is 0.0630. The predicted octanol–water partition coefficient (Wildman–Crippen LogP) is 15.6. The number of ether oxygens (including phenoxy) is 2. The van der Waals surface area contributed by atoms with Crippen LogP contribution < -0.4 is 9.47 Å². The summed E-state index contributed by atoms with van der Waals surface area (Å²) in [5.74, 6) is 1.57. The molecule has 0 spiro atoms. The third-order valence-electron chi connectivity index (χ3n) is 11.4. The van der Waals surface area contributed by atoms with Crippen LogP contribution in [0.15, 0.2) is 109 Å². The van der Waals surface area contributed by atoms with Crippen molar-refractivity contribution >= 4 is 53.9 Å². The Balaban J connectivity index is 1.38. The molecule has 0 aromatic heterocycles. The number of rotatable bonds is 14. The largest absolute Gasteiger partial charge is 0.494 e. The Morgan fingerprint density at radius 3 is 1.58 bits per heavy atom. The van der Waals surface area contributed by atoms with Gasteiger partial charge in [-0.25, -0.2) is 4.39 Å². The molecule has 0 aliphatic carbocycles. The third-order valence-corrected chi connectivity index (χ3v) is 11.4. The molecule has 8 rings (SSSR count). The summed E-state index contributed by atoms with van der Waals surface area (Å²) < 4.78 is 27.5. The van der Waals surface area contributed by atoms with E-state index in [1.54, 1.807) is 12.1 Å². The first-order valence-electron chi connectivity index (χ1n) is 20.5. The molecular weight excluding hydrogens is 676 g/mol. The van der Waals surface area contributed by atoms with Crippen LogP contribution in [-0.2, 0) is 5.41 Å². The van der Waals surface area contributed by atoms with Crippen LogP contribution in [0.3, 0.4) is 0 Å². The number of fused-ring (bicyclic) bond motifs is 4. The fraction of sp³-hybridized carbons (Fsp3) is 0.308. The minimum absolute atomic E-state index is 0.0442. The third kappa shape index (κ3) is 7.34. The van der Waals surface area contributed by atoms with Gasteiger partial charge in [-0.15, -0.1) is 0 Å². The summed E-state index contributed by atoms with van der Waals surface area (Å²) in [4.78, 5) is 0. The van der Waals surface area contributed by atoms with Gasteiger partial charge in [-0.3, -0.25) is 0 Å². The molecular formula is C52H53FO2. The lowest BCUT2D eigenvalue weighted by molar-refractivity contribution is 0.305. The number of hydrogen-bond donors (Lipinski definition) is 0. The summed E-state index contributed by atoms with van der Waals surface area (Å²) >= 11 is 0. The molecule has 3 heteroatoms. The SMILES string of the molecule is CCCCCCOc1ccc(-c2cc3cc(C(C)(C)C)cc4cc(-c5ccc(OCCCCCC)cc5)c5c6c(ccc7ccc(F)cc76)cc2c5c34)cc1. The summed E-state index contributed by atoms with van der Waals surface area (Å²) in [6.07, 6.45) is 9.43. The molecule has 55 heavy (non-hydrogen) atoms. The van der Waals surface area contributed by atoms with Gasteiger partial charge >= 0.3 is 0 Å². The fourth-order valence-electron chi connectivity index (χ4n) is 8.40. The van der Waals surface area contributed by atoms with Gasteiger partial charge in [0, 0.05) is 0 Å². The lowest BCUT2D eigenvalue weighted by Gasteiger charge is -2.24. The van der Waals surface area contributed by atoms with Crippen molar-refractivity contribution in [1.29, 1.82) is 0 Å². The normalized spacial score (nSPS) is 12.2. The van der Waals surface area contributed by atoms with Gasteiger partial charge in [0.15, 0.2) is 0 Å². The van der Waals surface area contributed by atoms with E-state index in [1.165, 1.54) is 76.6 Å². The molecule has 0 N–H and O–H groups in total. The molecule has 0 heterocycles. The minimum Gasteiger partial charge on any atom is -0.494 e. The van der Waals surface area contributed by atoms with Gasteiger partial charge in [-0.1, -0.05) is 128 Å². The van der Waals surface area contributed by atoms with Gasteiger partial charge in [0.05, 0.1) is 13.2 Å². The van der Waals surface area contributed by atoms with Crippen LogP contribution in [0.2, 0.25) is 0 Å². The summed E-state index contributed by atoms with van der Waals surface area (Å²) in [5.41, 5.74) is 5.85. The Bertz CT molecular complexity index is 2570. The fourth-order valence-corrected chi connectivity index (χ4v) is 8.40. The van der Waals surface area contributed by atoms with Crippen LogP contribution in [0.5, 0.6) is 11.5 Å². The lowest BCUT2D eigenvalue weighted by Crippen LogP contribution is -2.11. The van der Waals surface area contributed by atoms with Crippen molar-refractivity contribution < 1.29 is 13.9 Å². The Hall–Kier alpha value is -5.15. The van der Waals surface area contributed by atoms with E-state index >= 15 is 4.39 Å². The van der Waals surface area contributed by atoms with Crippen molar-refractivity contribution in [2.24, 2.45) is 0 Å². The summed E-state index contributed by atoms with van der Waals surface area (Å²) in [5, 5.41) is 11.4. The van der Waals surface area contributed by atoms with E-state index in [2.05, 4.69) is 126 Å². The molecule has 280 valence electrons. The molecule has 0 fully saturated rings. The molecule has 0 atom stereocenters. The first kappa shape index (κ1) is 36.8. The lowest BCUT2D eigenvalue weighted by atomic mass is 9.79. The van der Waals surface area contributed by atoms with E-state index < -0.39 is 0 Å². The maximum absolute atomic E-state index is 15.2. The highest BCUT2D eigenvalue weighted by molar-refractivity contribution is 6.37. The zero-order valence-electron chi connectivity index (χ0n) is 33.2. The van der Waals surface area contributed by atoms with Gasteiger partial charge in [-0.05, 0) is 155 Å². The highest BCUT2D eigenvalue weighted by Gasteiger charge is 2.23. The molecule has 0 aliphatic heterocycles. The zero-order valence-corrected chi connectivity index (χ0v) is 33.2. The maximum atomic E-state index is 15.2. The molecule has 0 saturated heterocycles. The molecule has 8 aromatic carbocycles. The topological polar surface area (TPSA) is 18.5 Å². The number of halogens is 1. The highest BCUT2D eigenvalue weighted by atomic mass is 19.1. The standard InChI is InChI=1S/C52H53FO2/c1-6-8-10-12-26-54-42-22-17-34(18-23-42)44-31-38-28-40(52(3,4)5)29-39-32-45(36-19-24-43(25-20-36)55-27-13-11-9-7-2)50-49-37(30-47(44)51(50)48(38)39)15-14-35-16-21-41(53)33-46(35)49/h14-25,28-33H,6-13,26-27H2,1-5H3. The van der Waals surface area contributed by atoms with Crippen LogP contribution in [0, 0.1) is 5.82 Å². The Morgan fingerprint density at radius 1 is 0.455 bits per heavy atom. The van der Waals surface area contributed by atoms with Crippen molar-refractivity contribution in [2.45, 2.75) is 91.4 Å². The van der Waals surface area contributed by atoms with E-state index in [-0.39, 0.29) is 11.2 Å². The molecule has 0 bridgehead atoms. The molecule has 0 amide bonds. The molecule has 0 unspecified atom stereocenters. The summed E-state index contributed by atoms with van der Waals surface area (Å²) in [6.45, 7) is 12.8. The van der Waals surface area contributed by atoms with Crippen molar-refractivity contribution in [2.75, 3.05) is 13.2 Å². The number of hydrogen-bond acceptors (Lipinski definition) is 2. The van der Waals surface area contributed by atoms with Gasteiger partial charge in [-0.2, -0.15) is 0 Å². The second-order valence-corrected chi connectivity index (χ2v) is 16.5. The van der Waals surface area contributed by atoms with Crippen LogP contribution in [0.1, 0.15) is 91.5 Å². The molecule has 0 radical (unpaired) electrons. The highest BCUT2D eigenvalue weighted by Crippen LogP contribution is 2.49. The smallest absolute Gasteiger partial charge is 0.123 e. The Labute approximate surface area is 325 Å². The van der Waals surface area contributed by atoms with Gasteiger partial charge in [0.1, 0.15) is 17.3 Å². The number of benzene rings is 8.